The van der Waals surface area contributed by atoms with Gasteiger partial charge in [-0.2, -0.15) is 4.98 Å². The van der Waals surface area contributed by atoms with Gasteiger partial charge in [0.1, 0.15) is 17.9 Å². The number of carbonyl (C=O) groups is 2. The number of amides is 2. The maximum atomic E-state index is 12.6. The molecule has 1 aliphatic carbocycles. The standard InChI is InChI=1S/C20H20N6O5S/c1-11-9-17(22-12(2)21-11)26-32(29,30)15-7-5-14(6-8-15)23-19(28)16-10-31-20(24-16)25-18(27)13-3-4-13/h5-10,13H,3-4H2,1-2H3,(H,23,28)(H,21,22,26)(H,24,25,27). The summed E-state index contributed by atoms with van der Waals surface area (Å²) in [5.74, 6) is -0.157. The summed E-state index contributed by atoms with van der Waals surface area (Å²) < 4.78 is 32.7. The number of nitrogens with one attached hydrogen (secondary N) is 3. The average Bonchev–Trinajstić information content (AvgIpc) is 3.46. The average molecular weight is 456 g/mol. The molecular formula is C20H20N6O5S. The van der Waals surface area contributed by atoms with E-state index in [-0.39, 0.29) is 34.2 Å². The summed E-state index contributed by atoms with van der Waals surface area (Å²) in [5.41, 5.74) is 0.967. The zero-order valence-electron chi connectivity index (χ0n) is 17.2. The Hall–Kier alpha value is -3.80. The Kier molecular flexibility index (Phi) is 5.61. The van der Waals surface area contributed by atoms with Gasteiger partial charge in [0.2, 0.25) is 5.91 Å². The molecule has 1 fully saturated rings. The predicted octanol–water partition coefficient (Wildman–Crippen LogP) is 2.48. The first kappa shape index (κ1) is 21.4. The number of anilines is 3. The third-order valence-corrected chi connectivity index (χ3v) is 5.91. The Morgan fingerprint density at radius 2 is 1.75 bits per heavy atom. The molecule has 4 rings (SSSR count). The summed E-state index contributed by atoms with van der Waals surface area (Å²) in [4.78, 5) is 36.2. The molecule has 11 nitrogen and oxygen atoms in total. The fourth-order valence-electron chi connectivity index (χ4n) is 2.87. The van der Waals surface area contributed by atoms with Gasteiger partial charge < -0.3 is 9.73 Å². The molecule has 1 saturated carbocycles. The molecule has 1 aromatic carbocycles. The minimum Gasteiger partial charge on any atom is -0.431 e. The predicted molar refractivity (Wildman–Crippen MR) is 115 cm³/mol. The summed E-state index contributed by atoms with van der Waals surface area (Å²) in [5, 5.41) is 5.11. The van der Waals surface area contributed by atoms with Gasteiger partial charge in [0, 0.05) is 23.4 Å². The number of rotatable bonds is 7. The Labute approximate surface area is 183 Å². The van der Waals surface area contributed by atoms with E-state index >= 15 is 0 Å². The van der Waals surface area contributed by atoms with E-state index in [1.54, 1.807) is 13.8 Å². The van der Waals surface area contributed by atoms with Crippen molar-refractivity contribution in [1.82, 2.24) is 15.0 Å². The maximum absolute atomic E-state index is 12.6. The molecule has 0 unspecified atom stereocenters. The van der Waals surface area contributed by atoms with Gasteiger partial charge in [-0.25, -0.2) is 18.4 Å². The van der Waals surface area contributed by atoms with Crippen LogP contribution in [0.3, 0.4) is 0 Å². The van der Waals surface area contributed by atoms with Gasteiger partial charge in [0.05, 0.1) is 4.90 Å². The SMILES string of the molecule is Cc1cc(NS(=O)(=O)c2ccc(NC(=O)c3coc(NC(=O)C4CC4)n3)cc2)nc(C)n1. The normalized spacial score (nSPS) is 13.4. The summed E-state index contributed by atoms with van der Waals surface area (Å²) in [7, 11) is -3.87. The smallest absolute Gasteiger partial charge is 0.302 e. The number of benzene rings is 1. The fourth-order valence-corrected chi connectivity index (χ4v) is 3.86. The third kappa shape index (κ3) is 5.09. The van der Waals surface area contributed by atoms with Crippen LogP contribution in [0.15, 0.2) is 45.9 Å². The van der Waals surface area contributed by atoms with Crippen molar-refractivity contribution in [3.8, 4) is 0 Å². The molecule has 0 bridgehead atoms. The lowest BCUT2D eigenvalue weighted by molar-refractivity contribution is -0.117. The first-order valence-electron chi connectivity index (χ1n) is 9.72. The molecule has 0 radical (unpaired) electrons. The van der Waals surface area contributed by atoms with E-state index in [4.69, 9.17) is 4.42 Å². The Bertz CT molecular complexity index is 1260. The van der Waals surface area contributed by atoms with Crippen molar-refractivity contribution < 1.29 is 22.4 Å². The number of oxazole rings is 1. The Morgan fingerprint density at radius 1 is 1.03 bits per heavy atom. The number of nitrogens with zero attached hydrogens (tertiary/aromatic N) is 3. The largest absolute Gasteiger partial charge is 0.431 e. The molecule has 0 saturated heterocycles. The van der Waals surface area contributed by atoms with E-state index in [0.29, 0.717) is 17.2 Å². The molecule has 0 atom stereocenters. The van der Waals surface area contributed by atoms with E-state index in [1.807, 2.05) is 0 Å². The molecule has 3 aromatic rings. The van der Waals surface area contributed by atoms with E-state index < -0.39 is 15.9 Å². The lowest BCUT2D eigenvalue weighted by atomic mass is 10.3. The third-order valence-electron chi connectivity index (χ3n) is 4.54. The van der Waals surface area contributed by atoms with Crippen molar-refractivity contribution in [2.45, 2.75) is 31.6 Å². The van der Waals surface area contributed by atoms with Crippen molar-refractivity contribution in [1.29, 1.82) is 0 Å². The molecule has 0 aliphatic heterocycles. The summed E-state index contributed by atoms with van der Waals surface area (Å²) in [6.07, 6.45) is 2.80. The number of hydrogen-bond donors (Lipinski definition) is 3. The topological polar surface area (TPSA) is 156 Å². The van der Waals surface area contributed by atoms with E-state index in [0.717, 1.165) is 19.1 Å². The molecule has 3 N–H and O–H groups in total. The van der Waals surface area contributed by atoms with Crippen molar-refractivity contribution in [2.24, 2.45) is 5.92 Å². The Balaban J connectivity index is 1.40. The maximum Gasteiger partial charge on any atom is 0.302 e. The molecule has 166 valence electrons. The second-order valence-electron chi connectivity index (χ2n) is 7.33. The van der Waals surface area contributed by atoms with Crippen LogP contribution >= 0.6 is 0 Å². The van der Waals surface area contributed by atoms with Gasteiger partial charge in [-0.1, -0.05) is 0 Å². The number of carbonyl (C=O) groups excluding carboxylic acids is 2. The molecule has 2 heterocycles. The second kappa shape index (κ2) is 8.38. The van der Waals surface area contributed by atoms with E-state index in [2.05, 4.69) is 30.3 Å². The van der Waals surface area contributed by atoms with Crippen molar-refractivity contribution in [3.05, 3.63) is 53.8 Å². The van der Waals surface area contributed by atoms with Gasteiger partial charge in [0.25, 0.3) is 15.9 Å². The van der Waals surface area contributed by atoms with Crippen LogP contribution in [-0.2, 0) is 14.8 Å². The minimum atomic E-state index is -3.87. The van der Waals surface area contributed by atoms with Gasteiger partial charge in [0.15, 0.2) is 5.69 Å². The highest BCUT2D eigenvalue weighted by Crippen LogP contribution is 2.30. The zero-order chi connectivity index (χ0) is 22.9. The summed E-state index contributed by atoms with van der Waals surface area (Å²) in [6, 6.07) is 7.07. The van der Waals surface area contributed by atoms with Crippen LogP contribution in [0.1, 0.15) is 34.8 Å². The number of aryl methyl sites for hydroxylation is 2. The number of aromatic nitrogens is 3. The number of hydrogen-bond acceptors (Lipinski definition) is 8. The van der Waals surface area contributed by atoms with Crippen LogP contribution in [0.25, 0.3) is 0 Å². The fraction of sp³-hybridized carbons (Fsp3) is 0.250. The molecule has 12 heteroatoms. The highest BCUT2D eigenvalue weighted by molar-refractivity contribution is 7.92. The van der Waals surface area contributed by atoms with Crippen molar-refractivity contribution >= 4 is 39.4 Å². The lowest BCUT2D eigenvalue weighted by Gasteiger charge is -2.09. The second-order valence-corrected chi connectivity index (χ2v) is 9.01. The van der Waals surface area contributed by atoms with Gasteiger partial charge >= 0.3 is 6.01 Å². The highest BCUT2D eigenvalue weighted by atomic mass is 32.2. The van der Waals surface area contributed by atoms with Crippen LogP contribution in [-0.4, -0.2) is 35.2 Å². The van der Waals surface area contributed by atoms with Crippen molar-refractivity contribution in [3.63, 3.8) is 0 Å². The quantitative estimate of drug-likeness (QED) is 0.489. The van der Waals surface area contributed by atoms with Gasteiger partial charge in [-0.3, -0.25) is 19.6 Å². The molecular weight excluding hydrogens is 436 g/mol. The van der Waals surface area contributed by atoms with E-state index in [1.165, 1.54) is 30.3 Å². The monoisotopic (exact) mass is 456 g/mol. The van der Waals surface area contributed by atoms with Crippen LogP contribution in [0.4, 0.5) is 17.5 Å². The van der Waals surface area contributed by atoms with Crippen molar-refractivity contribution in [2.75, 3.05) is 15.4 Å². The Morgan fingerprint density at radius 3 is 2.41 bits per heavy atom. The van der Waals surface area contributed by atoms with Gasteiger partial charge in [-0.15, -0.1) is 0 Å². The minimum absolute atomic E-state index is 0.00377. The molecule has 0 spiro atoms. The van der Waals surface area contributed by atoms with Crippen LogP contribution in [0.5, 0.6) is 0 Å². The lowest BCUT2D eigenvalue weighted by Crippen LogP contribution is -2.16. The first-order chi connectivity index (χ1) is 15.2. The van der Waals surface area contributed by atoms with Gasteiger partial charge in [-0.05, 0) is 51.0 Å². The summed E-state index contributed by atoms with van der Waals surface area (Å²) >= 11 is 0. The first-order valence-corrected chi connectivity index (χ1v) is 11.2. The zero-order valence-corrected chi connectivity index (χ0v) is 18.1. The van der Waals surface area contributed by atoms with Crippen LogP contribution in [0.2, 0.25) is 0 Å². The van der Waals surface area contributed by atoms with Crippen LogP contribution < -0.4 is 15.4 Å². The summed E-state index contributed by atoms with van der Waals surface area (Å²) in [6.45, 7) is 3.41. The molecule has 2 amide bonds. The molecule has 2 aromatic heterocycles. The molecule has 1 aliphatic rings. The van der Waals surface area contributed by atoms with E-state index in [9.17, 15) is 18.0 Å². The number of sulfonamides is 1. The highest BCUT2D eigenvalue weighted by Gasteiger charge is 2.30. The molecule has 32 heavy (non-hydrogen) atoms. The van der Waals surface area contributed by atoms with Crippen LogP contribution in [0, 0.1) is 19.8 Å².